The fourth-order valence-electron chi connectivity index (χ4n) is 1.06. The second kappa shape index (κ2) is 4.99. The maximum atomic E-state index is 11.1. The van der Waals surface area contributed by atoms with Gasteiger partial charge in [-0.25, -0.2) is 0 Å². The minimum atomic E-state index is -0.763. The Morgan fingerprint density at radius 1 is 1.44 bits per heavy atom. The second-order valence-electron chi connectivity index (χ2n) is 3.36. The number of carbonyl (C=O) groups is 2. The molecule has 1 aromatic rings. The highest BCUT2D eigenvalue weighted by Crippen LogP contribution is 2.26. The topological polar surface area (TPSA) is 69.4 Å². The van der Waals surface area contributed by atoms with Gasteiger partial charge in [0.15, 0.2) is 11.9 Å². The summed E-state index contributed by atoms with van der Waals surface area (Å²) in [5.41, 5.74) is 5.54. The van der Waals surface area contributed by atoms with Crippen LogP contribution in [0.25, 0.3) is 0 Å². The number of Topliss-reactive ketones (excluding diaryl/α,β-unsaturated/α-hetero) is 1. The van der Waals surface area contributed by atoms with Crippen molar-refractivity contribution >= 4 is 23.3 Å². The van der Waals surface area contributed by atoms with Crippen LogP contribution in [0.4, 0.5) is 0 Å². The van der Waals surface area contributed by atoms with E-state index >= 15 is 0 Å². The number of primary amides is 1. The van der Waals surface area contributed by atoms with Gasteiger partial charge in [0, 0.05) is 5.56 Å². The number of amides is 1. The van der Waals surface area contributed by atoms with E-state index in [1.54, 1.807) is 12.1 Å². The summed E-state index contributed by atoms with van der Waals surface area (Å²) in [7, 11) is 0. The lowest BCUT2D eigenvalue weighted by Gasteiger charge is -2.12. The summed E-state index contributed by atoms with van der Waals surface area (Å²) in [6.45, 7) is 2.97. The maximum absolute atomic E-state index is 11.1. The molecule has 0 saturated heterocycles. The summed E-state index contributed by atoms with van der Waals surface area (Å²) in [4.78, 5) is 21.9. The first-order valence-electron chi connectivity index (χ1n) is 4.68. The van der Waals surface area contributed by atoms with Crippen LogP contribution in [0.15, 0.2) is 18.2 Å². The van der Waals surface area contributed by atoms with Crippen LogP contribution in [-0.4, -0.2) is 17.8 Å². The van der Waals surface area contributed by atoms with Gasteiger partial charge in [-0.1, -0.05) is 11.6 Å². The predicted molar refractivity (Wildman–Crippen MR) is 60.7 cm³/mol. The van der Waals surface area contributed by atoms with Crippen LogP contribution in [-0.2, 0) is 4.79 Å². The number of benzene rings is 1. The lowest BCUT2D eigenvalue weighted by Crippen LogP contribution is -2.30. The molecule has 0 heterocycles. The summed E-state index contributed by atoms with van der Waals surface area (Å²) in [5, 5.41) is 0.279. The number of ketones is 1. The molecule has 1 rings (SSSR count). The molecule has 0 aliphatic heterocycles. The molecule has 86 valence electrons. The van der Waals surface area contributed by atoms with Gasteiger partial charge in [-0.3, -0.25) is 9.59 Å². The van der Waals surface area contributed by atoms with Crippen LogP contribution >= 0.6 is 11.6 Å². The van der Waals surface area contributed by atoms with Crippen LogP contribution in [0, 0.1) is 0 Å². The highest BCUT2D eigenvalue weighted by Gasteiger charge is 2.13. The third kappa shape index (κ3) is 2.97. The van der Waals surface area contributed by atoms with Crippen molar-refractivity contribution in [3.05, 3.63) is 28.8 Å². The number of ether oxygens (including phenoxy) is 1. The van der Waals surface area contributed by atoms with E-state index in [0.29, 0.717) is 11.3 Å². The van der Waals surface area contributed by atoms with Gasteiger partial charge in [0.05, 0.1) is 5.02 Å². The molecule has 5 heteroatoms. The van der Waals surface area contributed by atoms with E-state index in [1.165, 1.54) is 19.9 Å². The molecule has 0 saturated carbocycles. The molecular formula is C11H12ClNO3. The average molecular weight is 242 g/mol. The predicted octanol–water partition coefficient (Wildman–Crippen LogP) is 1.80. The van der Waals surface area contributed by atoms with Gasteiger partial charge in [-0.15, -0.1) is 0 Å². The van der Waals surface area contributed by atoms with Crippen LogP contribution in [0.5, 0.6) is 5.75 Å². The molecule has 4 nitrogen and oxygen atoms in total. The minimum absolute atomic E-state index is 0.0867. The number of hydrogen-bond donors (Lipinski definition) is 1. The molecular weight excluding hydrogens is 230 g/mol. The van der Waals surface area contributed by atoms with E-state index in [4.69, 9.17) is 22.1 Å². The van der Waals surface area contributed by atoms with Gasteiger partial charge >= 0.3 is 0 Å². The molecule has 0 aromatic heterocycles. The Morgan fingerprint density at radius 2 is 2.06 bits per heavy atom. The molecule has 0 bridgehead atoms. The molecule has 1 unspecified atom stereocenters. The summed E-state index contributed by atoms with van der Waals surface area (Å²) < 4.78 is 5.22. The lowest BCUT2D eigenvalue weighted by molar-refractivity contribution is -0.123. The highest BCUT2D eigenvalue weighted by atomic mass is 35.5. The molecule has 0 aliphatic rings. The Labute approximate surface area is 98.3 Å². The fourth-order valence-corrected chi connectivity index (χ4v) is 1.29. The summed E-state index contributed by atoms with van der Waals surface area (Å²) in [5.74, 6) is -0.332. The van der Waals surface area contributed by atoms with Crippen LogP contribution in [0.1, 0.15) is 24.2 Å². The molecule has 16 heavy (non-hydrogen) atoms. The SMILES string of the molecule is CC(=O)c1ccc(OC(C)C(N)=O)c(Cl)c1. The van der Waals surface area contributed by atoms with Crippen molar-refractivity contribution in [1.29, 1.82) is 0 Å². The van der Waals surface area contributed by atoms with Gasteiger partial charge in [-0.2, -0.15) is 0 Å². The monoisotopic (exact) mass is 241 g/mol. The van der Waals surface area contributed by atoms with Gasteiger partial charge in [0.25, 0.3) is 5.91 Å². The molecule has 0 aliphatic carbocycles. The van der Waals surface area contributed by atoms with E-state index in [0.717, 1.165) is 0 Å². The van der Waals surface area contributed by atoms with E-state index in [1.807, 2.05) is 0 Å². The zero-order valence-electron chi connectivity index (χ0n) is 8.99. The quantitative estimate of drug-likeness (QED) is 0.817. The van der Waals surface area contributed by atoms with E-state index in [-0.39, 0.29) is 10.8 Å². The smallest absolute Gasteiger partial charge is 0.258 e. The molecule has 0 radical (unpaired) electrons. The van der Waals surface area contributed by atoms with Crippen LogP contribution in [0.2, 0.25) is 5.02 Å². The first kappa shape index (κ1) is 12.5. The van der Waals surface area contributed by atoms with Gasteiger partial charge in [0.2, 0.25) is 0 Å². The summed E-state index contributed by atoms with van der Waals surface area (Å²) >= 11 is 5.89. The van der Waals surface area contributed by atoms with Gasteiger partial charge in [-0.05, 0) is 32.0 Å². The van der Waals surface area contributed by atoms with E-state index in [2.05, 4.69) is 0 Å². The van der Waals surface area contributed by atoms with E-state index in [9.17, 15) is 9.59 Å². The molecule has 1 atom stereocenters. The average Bonchev–Trinajstić information content (AvgIpc) is 2.20. The van der Waals surface area contributed by atoms with Crippen molar-refractivity contribution in [2.45, 2.75) is 20.0 Å². The molecule has 2 N–H and O–H groups in total. The standard InChI is InChI=1S/C11H12ClNO3/c1-6(14)8-3-4-10(9(12)5-8)16-7(2)11(13)15/h3-5,7H,1-2H3,(H2,13,15). The molecule has 1 amide bonds. The van der Waals surface area contributed by atoms with Crippen LogP contribution in [0.3, 0.4) is 0 Å². The maximum Gasteiger partial charge on any atom is 0.258 e. The number of hydrogen-bond acceptors (Lipinski definition) is 3. The summed E-state index contributed by atoms with van der Waals surface area (Å²) in [6, 6.07) is 4.61. The number of halogens is 1. The third-order valence-corrected chi connectivity index (χ3v) is 2.34. The van der Waals surface area contributed by atoms with Crippen molar-refractivity contribution in [2.24, 2.45) is 5.73 Å². The molecule has 0 spiro atoms. The van der Waals surface area contributed by atoms with Crippen molar-refractivity contribution in [1.82, 2.24) is 0 Å². The second-order valence-corrected chi connectivity index (χ2v) is 3.77. The summed E-state index contributed by atoms with van der Waals surface area (Å²) in [6.07, 6.45) is -0.763. The molecule has 0 fully saturated rings. The Bertz CT molecular complexity index is 431. The Balaban J connectivity index is 2.91. The fraction of sp³-hybridized carbons (Fsp3) is 0.273. The zero-order valence-corrected chi connectivity index (χ0v) is 9.75. The molecule has 1 aromatic carbocycles. The highest BCUT2D eigenvalue weighted by molar-refractivity contribution is 6.32. The third-order valence-electron chi connectivity index (χ3n) is 2.04. The Hall–Kier alpha value is -1.55. The lowest BCUT2D eigenvalue weighted by atomic mass is 10.1. The van der Waals surface area contributed by atoms with Crippen molar-refractivity contribution in [3.8, 4) is 5.75 Å². The van der Waals surface area contributed by atoms with Crippen molar-refractivity contribution in [2.75, 3.05) is 0 Å². The zero-order chi connectivity index (χ0) is 12.3. The number of carbonyl (C=O) groups excluding carboxylic acids is 2. The van der Waals surface area contributed by atoms with Crippen LogP contribution < -0.4 is 10.5 Å². The Kier molecular flexibility index (Phi) is 3.90. The first-order chi connectivity index (χ1) is 7.41. The van der Waals surface area contributed by atoms with E-state index < -0.39 is 12.0 Å². The van der Waals surface area contributed by atoms with Crippen molar-refractivity contribution in [3.63, 3.8) is 0 Å². The normalized spacial score (nSPS) is 11.9. The van der Waals surface area contributed by atoms with Crippen molar-refractivity contribution < 1.29 is 14.3 Å². The first-order valence-corrected chi connectivity index (χ1v) is 5.06. The number of rotatable bonds is 4. The van der Waals surface area contributed by atoms with Gasteiger partial charge in [0.1, 0.15) is 5.75 Å². The number of nitrogens with two attached hydrogens (primary N) is 1. The largest absolute Gasteiger partial charge is 0.479 e. The Morgan fingerprint density at radius 3 is 2.50 bits per heavy atom. The van der Waals surface area contributed by atoms with Gasteiger partial charge < -0.3 is 10.5 Å². The minimum Gasteiger partial charge on any atom is -0.479 e.